The summed E-state index contributed by atoms with van der Waals surface area (Å²) in [6, 6.07) is 4.92. The summed E-state index contributed by atoms with van der Waals surface area (Å²) in [5.74, 6) is 0.0709. The Balaban J connectivity index is 1.44. The van der Waals surface area contributed by atoms with Gasteiger partial charge < -0.3 is 14.5 Å². The molecule has 2 fully saturated rings. The van der Waals surface area contributed by atoms with Gasteiger partial charge in [0.1, 0.15) is 5.69 Å². The standard InChI is InChI=1S/C23H26F3N3O3/c24-23(25,26)18-3-1-16(2-4-18)13-17-7-8-29(15-17)22(30)20-14-19(27-31)5-6-21(20)28-9-11-32-12-10-28/h1,3,5-6,14,17H,2,4,7-13,15H2. The Labute approximate surface area is 184 Å². The summed E-state index contributed by atoms with van der Waals surface area (Å²) in [6.45, 7) is 3.62. The molecule has 1 unspecified atom stereocenters. The summed E-state index contributed by atoms with van der Waals surface area (Å²) in [5, 5.41) is 2.99. The lowest BCUT2D eigenvalue weighted by atomic mass is 9.90. The zero-order valence-corrected chi connectivity index (χ0v) is 17.7. The van der Waals surface area contributed by atoms with Gasteiger partial charge in [0.15, 0.2) is 0 Å². The molecular weight excluding hydrogens is 423 g/mol. The number of likely N-dealkylation sites (tertiary alicyclic amines) is 1. The zero-order chi connectivity index (χ0) is 22.7. The highest BCUT2D eigenvalue weighted by atomic mass is 19.4. The van der Waals surface area contributed by atoms with E-state index in [0.717, 1.165) is 17.7 Å². The molecule has 0 saturated carbocycles. The van der Waals surface area contributed by atoms with E-state index in [4.69, 9.17) is 4.74 Å². The second kappa shape index (κ2) is 9.44. The first-order valence-corrected chi connectivity index (χ1v) is 10.9. The molecule has 9 heteroatoms. The van der Waals surface area contributed by atoms with Gasteiger partial charge in [-0.3, -0.25) is 4.79 Å². The summed E-state index contributed by atoms with van der Waals surface area (Å²) in [4.78, 5) is 28.3. The lowest BCUT2D eigenvalue weighted by Crippen LogP contribution is -2.38. The number of allylic oxidation sites excluding steroid dienone is 4. The van der Waals surface area contributed by atoms with Crippen molar-refractivity contribution in [3.8, 4) is 0 Å². The Bertz CT molecular complexity index is 936. The molecule has 1 aromatic carbocycles. The molecule has 6 nitrogen and oxygen atoms in total. The summed E-state index contributed by atoms with van der Waals surface area (Å²) in [7, 11) is 0. The smallest absolute Gasteiger partial charge is 0.378 e. The van der Waals surface area contributed by atoms with Crippen LogP contribution in [0.3, 0.4) is 0 Å². The van der Waals surface area contributed by atoms with E-state index in [1.54, 1.807) is 29.2 Å². The molecule has 0 spiro atoms. The molecule has 1 atom stereocenters. The highest BCUT2D eigenvalue weighted by Gasteiger charge is 2.35. The van der Waals surface area contributed by atoms with Crippen molar-refractivity contribution < 1.29 is 22.7 Å². The van der Waals surface area contributed by atoms with Gasteiger partial charge in [-0.1, -0.05) is 17.7 Å². The number of carbonyl (C=O) groups excluding carboxylic acids is 1. The number of hydrogen-bond donors (Lipinski definition) is 0. The number of ether oxygens (including phenoxy) is 1. The molecular formula is C23H26F3N3O3. The number of morpholine rings is 1. The number of hydrogen-bond acceptors (Lipinski definition) is 5. The van der Waals surface area contributed by atoms with Gasteiger partial charge in [-0.25, -0.2) is 0 Å². The Hall–Kier alpha value is -2.68. The number of anilines is 1. The van der Waals surface area contributed by atoms with Gasteiger partial charge in [0, 0.05) is 37.4 Å². The number of benzene rings is 1. The largest absolute Gasteiger partial charge is 0.412 e. The summed E-state index contributed by atoms with van der Waals surface area (Å²) < 4.78 is 43.9. The van der Waals surface area contributed by atoms with Crippen molar-refractivity contribution in [3.63, 3.8) is 0 Å². The summed E-state index contributed by atoms with van der Waals surface area (Å²) in [5.41, 5.74) is 1.95. The maximum atomic E-state index is 13.3. The molecule has 4 rings (SSSR count). The topological polar surface area (TPSA) is 62.2 Å². The Kier molecular flexibility index (Phi) is 6.64. The average Bonchev–Trinajstić information content (AvgIpc) is 3.27. The van der Waals surface area contributed by atoms with Gasteiger partial charge in [0.05, 0.1) is 18.8 Å². The van der Waals surface area contributed by atoms with Gasteiger partial charge in [0.2, 0.25) is 0 Å². The minimum Gasteiger partial charge on any atom is -0.378 e. The third-order valence-corrected chi connectivity index (χ3v) is 6.39. The van der Waals surface area contributed by atoms with Gasteiger partial charge in [-0.15, -0.1) is 4.91 Å². The molecule has 0 aromatic heterocycles. The van der Waals surface area contributed by atoms with Crippen molar-refractivity contribution in [2.45, 2.75) is 31.9 Å². The van der Waals surface area contributed by atoms with Gasteiger partial charge in [-0.2, -0.15) is 13.2 Å². The van der Waals surface area contributed by atoms with E-state index in [-0.39, 0.29) is 23.9 Å². The molecule has 3 aliphatic rings. The fourth-order valence-electron chi connectivity index (χ4n) is 4.64. The van der Waals surface area contributed by atoms with Gasteiger partial charge >= 0.3 is 6.18 Å². The number of carbonyl (C=O) groups is 1. The first-order valence-electron chi connectivity index (χ1n) is 10.9. The first-order chi connectivity index (χ1) is 15.3. The summed E-state index contributed by atoms with van der Waals surface area (Å²) in [6.07, 6.45) is 0.426. The van der Waals surface area contributed by atoms with E-state index in [0.29, 0.717) is 57.8 Å². The molecule has 2 heterocycles. The van der Waals surface area contributed by atoms with Crippen LogP contribution in [-0.4, -0.2) is 56.4 Å². The van der Waals surface area contributed by atoms with Crippen LogP contribution in [0, 0.1) is 10.8 Å². The van der Waals surface area contributed by atoms with E-state index in [1.165, 1.54) is 6.08 Å². The predicted molar refractivity (Wildman–Crippen MR) is 115 cm³/mol. The maximum Gasteiger partial charge on any atom is 0.412 e. The van der Waals surface area contributed by atoms with Crippen LogP contribution in [0.15, 0.2) is 46.7 Å². The number of nitrogens with zero attached hydrogens (tertiary/aromatic N) is 3. The van der Waals surface area contributed by atoms with Crippen molar-refractivity contribution in [1.82, 2.24) is 4.90 Å². The van der Waals surface area contributed by atoms with Crippen molar-refractivity contribution in [1.29, 1.82) is 0 Å². The molecule has 0 radical (unpaired) electrons. The monoisotopic (exact) mass is 449 g/mol. The van der Waals surface area contributed by atoms with Crippen LogP contribution in [0.2, 0.25) is 0 Å². The molecule has 2 aliphatic heterocycles. The minimum atomic E-state index is -4.26. The van der Waals surface area contributed by atoms with Crippen molar-refractivity contribution in [3.05, 3.63) is 52.0 Å². The molecule has 1 aromatic rings. The van der Waals surface area contributed by atoms with Crippen molar-refractivity contribution >= 4 is 17.3 Å². The van der Waals surface area contributed by atoms with E-state index < -0.39 is 11.7 Å². The second-order valence-corrected chi connectivity index (χ2v) is 8.52. The predicted octanol–water partition coefficient (Wildman–Crippen LogP) is 4.98. The van der Waals surface area contributed by atoms with Gasteiger partial charge in [-0.05, 0) is 55.0 Å². The molecule has 32 heavy (non-hydrogen) atoms. The van der Waals surface area contributed by atoms with Crippen LogP contribution in [0.4, 0.5) is 24.5 Å². The van der Waals surface area contributed by atoms with E-state index >= 15 is 0 Å². The molecule has 0 N–H and O–H groups in total. The number of halogens is 3. The van der Waals surface area contributed by atoms with E-state index in [9.17, 15) is 22.9 Å². The second-order valence-electron chi connectivity index (χ2n) is 8.52. The van der Waals surface area contributed by atoms with E-state index in [2.05, 4.69) is 10.1 Å². The lowest BCUT2D eigenvalue weighted by Gasteiger charge is -2.31. The van der Waals surface area contributed by atoms with Gasteiger partial charge in [0.25, 0.3) is 5.91 Å². The number of nitroso groups, excluding NO2 is 1. The summed E-state index contributed by atoms with van der Waals surface area (Å²) >= 11 is 0. The quantitative estimate of drug-likeness (QED) is 0.595. The van der Waals surface area contributed by atoms with Crippen LogP contribution >= 0.6 is 0 Å². The normalized spacial score (nSPS) is 21.9. The van der Waals surface area contributed by atoms with Crippen LogP contribution < -0.4 is 4.90 Å². The molecule has 1 amide bonds. The first kappa shape index (κ1) is 22.5. The van der Waals surface area contributed by atoms with Crippen molar-refractivity contribution in [2.24, 2.45) is 11.1 Å². The van der Waals surface area contributed by atoms with Crippen LogP contribution in [0.1, 0.15) is 36.0 Å². The number of rotatable bonds is 5. The van der Waals surface area contributed by atoms with Crippen LogP contribution in [-0.2, 0) is 4.74 Å². The minimum absolute atomic E-state index is 0.0130. The van der Waals surface area contributed by atoms with E-state index in [1.807, 2.05) is 0 Å². The molecule has 1 aliphatic carbocycles. The third kappa shape index (κ3) is 5.03. The fourth-order valence-corrected chi connectivity index (χ4v) is 4.64. The Morgan fingerprint density at radius 1 is 1.12 bits per heavy atom. The Morgan fingerprint density at radius 2 is 1.91 bits per heavy atom. The van der Waals surface area contributed by atoms with Crippen LogP contribution in [0.25, 0.3) is 0 Å². The SMILES string of the molecule is O=Nc1ccc(N2CCOCC2)c(C(=O)N2CCC(CC3=CC=C(C(F)(F)F)CC3)C2)c1. The maximum absolute atomic E-state index is 13.3. The molecule has 172 valence electrons. The highest BCUT2D eigenvalue weighted by Crippen LogP contribution is 2.36. The molecule has 2 saturated heterocycles. The lowest BCUT2D eigenvalue weighted by molar-refractivity contribution is -0.0941. The zero-order valence-electron chi connectivity index (χ0n) is 17.7. The number of alkyl halides is 3. The fraction of sp³-hybridized carbons (Fsp3) is 0.522. The third-order valence-electron chi connectivity index (χ3n) is 6.39. The van der Waals surface area contributed by atoms with Crippen LogP contribution in [0.5, 0.6) is 0 Å². The molecule has 0 bridgehead atoms. The highest BCUT2D eigenvalue weighted by molar-refractivity contribution is 6.01. The average molecular weight is 449 g/mol. The van der Waals surface area contributed by atoms with Crippen molar-refractivity contribution in [2.75, 3.05) is 44.3 Å². The number of amides is 1. The Morgan fingerprint density at radius 3 is 2.56 bits per heavy atom.